The normalized spacial score (nSPS) is 11.0. The maximum Gasteiger partial charge on any atom is 0.309 e. The van der Waals surface area contributed by atoms with Crippen molar-refractivity contribution in [1.82, 2.24) is 0 Å². The highest BCUT2D eigenvalue weighted by molar-refractivity contribution is 5.96. The van der Waals surface area contributed by atoms with Crippen LogP contribution in [0.3, 0.4) is 0 Å². The number of ether oxygens (including phenoxy) is 4. The molecule has 0 unspecified atom stereocenters. The molecule has 0 bridgehead atoms. The molecule has 0 radical (unpaired) electrons. The summed E-state index contributed by atoms with van der Waals surface area (Å²) in [7, 11) is 3.32. The fraction of sp³-hybridized carbons (Fsp3) is 0.242. The van der Waals surface area contributed by atoms with Crippen LogP contribution in [0.4, 0.5) is 0 Å². The van der Waals surface area contributed by atoms with E-state index < -0.39 is 0 Å². The molecule has 0 spiro atoms. The fourth-order valence-electron chi connectivity index (χ4n) is 4.17. The summed E-state index contributed by atoms with van der Waals surface area (Å²) < 4.78 is 22.5. The Bertz CT molecular complexity index is 1370. The van der Waals surface area contributed by atoms with Crippen LogP contribution in [0.2, 0.25) is 0 Å². The summed E-state index contributed by atoms with van der Waals surface area (Å²) >= 11 is 0. The van der Waals surface area contributed by atoms with Gasteiger partial charge in [0, 0.05) is 10.9 Å². The van der Waals surface area contributed by atoms with Crippen LogP contribution in [0.5, 0.6) is 23.0 Å². The number of fused-ring (bicyclic) bond motifs is 1. The van der Waals surface area contributed by atoms with Crippen LogP contribution in [0.15, 0.2) is 84.9 Å². The van der Waals surface area contributed by atoms with E-state index in [1.54, 1.807) is 14.2 Å². The SMILES string of the molecule is CCCCCOC(=O)CC=Cc1ccc(Oc2c(-c3ccc(OC)cc3)ccc3cc(OC)ccc23)cc1. The molecule has 0 aliphatic rings. The molecule has 5 nitrogen and oxygen atoms in total. The zero-order valence-corrected chi connectivity index (χ0v) is 22.2. The second kappa shape index (κ2) is 13.3. The average molecular weight is 511 g/mol. The number of carbonyl (C=O) groups excluding carboxylic acids is 1. The van der Waals surface area contributed by atoms with Gasteiger partial charge in [-0.15, -0.1) is 0 Å². The molecule has 0 heterocycles. The highest BCUT2D eigenvalue weighted by Gasteiger charge is 2.13. The van der Waals surface area contributed by atoms with Gasteiger partial charge in [0.15, 0.2) is 0 Å². The van der Waals surface area contributed by atoms with Crippen molar-refractivity contribution in [2.75, 3.05) is 20.8 Å². The van der Waals surface area contributed by atoms with Gasteiger partial charge in [-0.2, -0.15) is 0 Å². The van der Waals surface area contributed by atoms with Gasteiger partial charge in [-0.25, -0.2) is 0 Å². The smallest absolute Gasteiger partial charge is 0.309 e. The van der Waals surface area contributed by atoms with Gasteiger partial charge >= 0.3 is 5.97 Å². The lowest BCUT2D eigenvalue weighted by Gasteiger charge is -2.16. The van der Waals surface area contributed by atoms with E-state index in [0.29, 0.717) is 6.61 Å². The Kier molecular flexibility index (Phi) is 9.41. The third kappa shape index (κ3) is 6.94. The van der Waals surface area contributed by atoms with Crippen LogP contribution in [-0.2, 0) is 9.53 Å². The molecule has 0 amide bonds. The molecular formula is C33H34O5. The van der Waals surface area contributed by atoms with E-state index in [1.165, 1.54) is 0 Å². The van der Waals surface area contributed by atoms with Crippen molar-refractivity contribution < 1.29 is 23.7 Å². The Hall–Kier alpha value is -4.25. The van der Waals surface area contributed by atoms with Crippen LogP contribution in [0.1, 0.15) is 38.2 Å². The minimum atomic E-state index is -0.198. The van der Waals surface area contributed by atoms with Crippen LogP contribution in [-0.4, -0.2) is 26.8 Å². The van der Waals surface area contributed by atoms with Crippen molar-refractivity contribution in [3.05, 3.63) is 90.5 Å². The molecule has 0 aliphatic heterocycles. The van der Waals surface area contributed by atoms with Crippen molar-refractivity contribution in [2.45, 2.75) is 32.6 Å². The zero-order chi connectivity index (χ0) is 26.7. The first kappa shape index (κ1) is 26.8. The van der Waals surface area contributed by atoms with Gasteiger partial charge in [-0.3, -0.25) is 4.79 Å². The Morgan fingerprint density at radius 1 is 0.789 bits per heavy atom. The summed E-state index contributed by atoms with van der Waals surface area (Å²) in [5, 5.41) is 2.01. The van der Waals surface area contributed by atoms with E-state index in [0.717, 1.165) is 69.7 Å². The minimum absolute atomic E-state index is 0.198. The van der Waals surface area contributed by atoms with Gasteiger partial charge in [0.05, 0.1) is 27.2 Å². The molecule has 5 heteroatoms. The number of hydrogen-bond donors (Lipinski definition) is 0. The minimum Gasteiger partial charge on any atom is -0.497 e. The first-order chi connectivity index (χ1) is 18.6. The zero-order valence-electron chi connectivity index (χ0n) is 22.2. The molecular weight excluding hydrogens is 476 g/mol. The van der Waals surface area contributed by atoms with Gasteiger partial charge < -0.3 is 18.9 Å². The quantitative estimate of drug-likeness (QED) is 0.141. The molecule has 0 aliphatic carbocycles. The molecule has 196 valence electrons. The lowest BCUT2D eigenvalue weighted by atomic mass is 9.99. The average Bonchev–Trinajstić information content (AvgIpc) is 2.96. The summed E-state index contributed by atoms with van der Waals surface area (Å²) in [6.45, 7) is 2.62. The van der Waals surface area contributed by atoms with Crippen LogP contribution >= 0.6 is 0 Å². The molecule has 0 atom stereocenters. The van der Waals surface area contributed by atoms with Crippen LogP contribution in [0, 0.1) is 0 Å². The standard InChI is InChI=1S/C33H34O5/c1-4-5-6-22-37-32(34)9-7-8-24-10-15-28(16-11-24)38-33-30(25-12-17-27(35-2)18-13-25)20-14-26-23-29(36-3)19-21-31(26)33/h7-8,10-21,23H,4-6,9,22H2,1-3H3. The Balaban J connectivity index is 1.53. The van der Waals surface area contributed by atoms with Gasteiger partial charge in [0.2, 0.25) is 0 Å². The first-order valence-corrected chi connectivity index (χ1v) is 13.0. The molecule has 4 rings (SSSR count). The van der Waals surface area contributed by atoms with Gasteiger partial charge in [0.1, 0.15) is 23.0 Å². The summed E-state index contributed by atoms with van der Waals surface area (Å²) in [6.07, 6.45) is 7.11. The maximum absolute atomic E-state index is 11.9. The predicted molar refractivity (Wildman–Crippen MR) is 153 cm³/mol. The third-order valence-electron chi connectivity index (χ3n) is 6.28. The van der Waals surface area contributed by atoms with Gasteiger partial charge in [-0.1, -0.05) is 62.2 Å². The predicted octanol–water partition coefficient (Wildman–Crippen LogP) is 8.45. The van der Waals surface area contributed by atoms with Gasteiger partial charge in [-0.05, 0) is 71.5 Å². The highest BCUT2D eigenvalue weighted by Crippen LogP contribution is 2.41. The lowest BCUT2D eigenvalue weighted by molar-refractivity contribution is -0.142. The molecule has 4 aromatic carbocycles. The van der Waals surface area contributed by atoms with Crippen LogP contribution in [0.25, 0.3) is 28.0 Å². The Labute approximate surface area is 224 Å². The van der Waals surface area contributed by atoms with Gasteiger partial charge in [0.25, 0.3) is 0 Å². The van der Waals surface area contributed by atoms with E-state index in [4.69, 9.17) is 18.9 Å². The largest absolute Gasteiger partial charge is 0.497 e. The number of methoxy groups -OCH3 is 2. The first-order valence-electron chi connectivity index (χ1n) is 13.0. The van der Waals surface area contributed by atoms with E-state index in [2.05, 4.69) is 19.1 Å². The van der Waals surface area contributed by atoms with E-state index in [9.17, 15) is 4.79 Å². The van der Waals surface area contributed by atoms with Crippen molar-refractivity contribution >= 4 is 22.8 Å². The maximum atomic E-state index is 11.9. The second-order valence-corrected chi connectivity index (χ2v) is 8.96. The number of carbonyl (C=O) groups is 1. The molecule has 0 aromatic heterocycles. The molecule has 0 N–H and O–H groups in total. The highest BCUT2D eigenvalue weighted by atomic mass is 16.5. The van der Waals surface area contributed by atoms with E-state index in [1.807, 2.05) is 78.9 Å². The number of hydrogen-bond acceptors (Lipinski definition) is 5. The summed E-state index contributed by atoms with van der Waals surface area (Å²) in [5.41, 5.74) is 2.99. The molecule has 0 fully saturated rings. The second-order valence-electron chi connectivity index (χ2n) is 8.96. The number of unbranched alkanes of at least 4 members (excludes halogenated alkanes) is 2. The Morgan fingerprint density at radius 3 is 2.21 bits per heavy atom. The molecule has 0 saturated carbocycles. The topological polar surface area (TPSA) is 54.0 Å². The molecule has 38 heavy (non-hydrogen) atoms. The number of esters is 1. The third-order valence-corrected chi connectivity index (χ3v) is 6.28. The molecule has 4 aromatic rings. The molecule has 0 saturated heterocycles. The summed E-state index contributed by atoms with van der Waals surface area (Å²) in [4.78, 5) is 11.9. The Morgan fingerprint density at radius 2 is 1.50 bits per heavy atom. The van der Waals surface area contributed by atoms with E-state index >= 15 is 0 Å². The fourth-order valence-corrected chi connectivity index (χ4v) is 4.17. The van der Waals surface area contributed by atoms with Crippen molar-refractivity contribution in [1.29, 1.82) is 0 Å². The summed E-state index contributed by atoms with van der Waals surface area (Å²) in [5.74, 6) is 2.88. The number of benzene rings is 4. The van der Waals surface area contributed by atoms with Crippen molar-refractivity contribution in [3.8, 4) is 34.1 Å². The van der Waals surface area contributed by atoms with E-state index in [-0.39, 0.29) is 12.4 Å². The van der Waals surface area contributed by atoms with Crippen molar-refractivity contribution in [2.24, 2.45) is 0 Å². The number of rotatable bonds is 12. The lowest BCUT2D eigenvalue weighted by Crippen LogP contribution is -2.04. The van der Waals surface area contributed by atoms with Crippen molar-refractivity contribution in [3.63, 3.8) is 0 Å². The van der Waals surface area contributed by atoms with Crippen LogP contribution < -0.4 is 14.2 Å². The summed E-state index contributed by atoms with van der Waals surface area (Å²) in [6, 6.07) is 25.9. The monoisotopic (exact) mass is 510 g/mol.